The normalized spacial score (nSPS) is 12.8. The number of nitrogens with one attached hydrogen (secondary N) is 2. The molecule has 0 radical (unpaired) electrons. The molecular formula is C19H28N2O5S. The first-order valence-corrected chi connectivity index (χ1v) is 10.1. The fraction of sp³-hybridized carbons (Fsp3) is 0.526. The van der Waals surface area contributed by atoms with Crippen molar-refractivity contribution in [2.45, 2.75) is 39.0 Å². The Morgan fingerprint density at radius 3 is 2.33 bits per heavy atom. The second-order valence-electron chi connectivity index (χ2n) is 6.29. The van der Waals surface area contributed by atoms with Gasteiger partial charge in [-0.1, -0.05) is 44.2 Å². The number of alkyl carbamates (subject to hydrolysis) is 1. The predicted molar refractivity (Wildman–Crippen MR) is 105 cm³/mol. The first-order valence-electron chi connectivity index (χ1n) is 8.73. The highest BCUT2D eigenvalue weighted by molar-refractivity contribution is 7.98. The summed E-state index contributed by atoms with van der Waals surface area (Å²) in [5.41, 5.74) is 0.848. The Bertz CT molecular complexity index is 609. The third kappa shape index (κ3) is 8.34. The summed E-state index contributed by atoms with van der Waals surface area (Å²) < 4.78 is 9.92. The Labute approximate surface area is 164 Å². The lowest BCUT2D eigenvalue weighted by molar-refractivity contribution is -0.145. The van der Waals surface area contributed by atoms with Crippen molar-refractivity contribution in [2.24, 2.45) is 5.92 Å². The minimum atomic E-state index is -0.824. The molecular weight excluding hydrogens is 368 g/mol. The molecule has 8 heteroatoms. The molecule has 0 saturated heterocycles. The van der Waals surface area contributed by atoms with E-state index >= 15 is 0 Å². The van der Waals surface area contributed by atoms with E-state index in [9.17, 15) is 14.4 Å². The second-order valence-corrected chi connectivity index (χ2v) is 7.28. The molecule has 2 atom stereocenters. The maximum atomic E-state index is 12.6. The Hall–Kier alpha value is -2.22. The molecule has 1 rings (SSSR count). The van der Waals surface area contributed by atoms with Gasteiger partial charge in [0.05, 0.1) is 7.11 Å². The minimum Gasteiger partial charge on any atom is -0.467 e. The predicted octanol–water partition coefficient (Wildman–Crippen LogP) is 2.35. The van der Waals surface area contributed by atoms with Gasteiger partial charge in [-0.2, -0.15) is 11.8 Å². The van der Waals surface area contributed by atoms with Crippen molar-refractivity contribution in [3.8, 4) is 0 Å². The van der Waals surface area contributed by atoms with Crippen LogP contribution in [0.2, 0.25) is 0 Å². The summed E-state index contributed by atoms with van der Waals surface area (Å²) in [6, 6.07) is 7.68. The lowest BCUT2D eigenvalue weighted by Gasteiger charge is -2.24. The van der Waals surface area contributed by atoms with Crippen LogP contribution in [0.3, 0.4) is 0 Å². The van der Waals surface area contributed by atoms with Crippen LogP contribution in [0.25, 0.3) is 0 Å². The van der Waals surface area contributed by atoms with Gasteiger partial charge >= 0.3 is 12.1 Å². The zero-order chi connectivity index (χ0) is 20.2. The number of carbonyl (C=O) groups excluding carboxylic acids is 3. The summed E-state index contributed by atoms with van der Waals surface area (Å²) in [4.78, 5) is 36.5. The number of esters is 1. The summed E-state index contributed by atoms with van der Waals surface area (Å²) in [7, 11) is 1.28. The van der Waals surface area contributed by atoms with E-state index in [-0.39, 0.29) is 12.5 Å². The number of methoxy groups -OCH3 is 1. The van der Waals surface area contributed by atoms with Gasteiger partial charge in [0.15, 0.2) is 0 Å². The van der Waals surface area contributed by atoms with E-state index < -0.39 is 30.1 Å². The van der Waals surface area contributed by atoms with Crippen LogP contribution in [0.15, 0.2) is 30.3 Å². The molecule has 2 N–H and O–H groups in total. The van der Waals surface area contributed by atoms with Crippen molar-refractivity contribution < 1.29 is 23.9 Å². The van der Waals surface area contributed by atoms with Crippen LogP contribution >= 0.6 is 11.8 Å². The lowest BCUT2D eigenvalue weighted by atomic mass is 10.0. The number of benzene rings is 1. The fourth-order valence-corrected chi connectivity index (χ4v) is 2.79. The highest BCUT2D eigenvalue weighted by atomic mass is 32.2. The zero-order valence-corrected chi connectivity index (χ0v) is 17.0. The average molecular weight is 397 g/mol. The van der Waals surface area contributed by atoms with Gasteiger partial charge in [-0.25, -0.2) is 9.59 Å². The van der Waals surface area contributed by atoms with Crippen LogP contribution in [-0.4, -0.2) is 49.2 Å². The number of carbonyl (C=O) groups is 3. The zero-order valence-electron chi connectivity index (χ0n) is 16.2. The van der Waals surface area contributed by atoms with Gasteiger partial charge in [0.2, 0.25) is 5.91 Å². The van der Waals surface area contributed by atoms with Crippen LogP contribution in [0.1, 0.15) is 25.8 Å². The molecule has 0 fully saturated rings. The van der Waals surface area contributed by atoms with Gasteiger partial charge < -0.3 is 20.1 Å². The summed E-state index contributed by atoms with van der Waals surface area (Å²) >= 11 is 1.57. The molecule has 0 bridgehead atoms. The van der Waals surface area contributed by atoms with Gasteiger partial charge in [-0.3, -0.25) is 4.79 Å². The Morgan fingerprint density at radius 1 is 1.11 bits per heavy atom. The number of thioether (sulfide) groups is 1. The van der Waals surface area contributed by atoms with Crippen molar-refractivity contribution in [1.29, 1.82) is 0 Å². The van der Waals surface area contributed by atoms with E-state index in [4.69, 9.17) is 9.47 Å². The van der Waals surface area contributed by atoms with Crippen LogP contribution in [0.5, 0.6) is 0 Å². The van der Waals surface area contributed by atoms with Crippen LogP contribution in [0, 0.1) is 5.92 Å². The summed E-state index contributed by atoms with van der Waals surface area (Å²) in [6.07, 6.45) is 1.67. The quantitative estimate of drug-likeness (QED) is 0.590. The topological polar surface area (TPSA) is 93.7 Å². The third-order valence-electron chi connectivity index (χ3n) is 3.85. The van der Waals surface area contributed by atoms with Gasteiger partial charge in [0, 0.05) is 0 Å². The molecule has 0 aliphatic heterocycles. The molecule has 0 aromatic heterocycles. The minimum absolute atomic E-state index is 0.109. The molecule has 1 aromatic rings. The van der Waals surface area contributed by atoms with Crippen molar-refractivity contribution in [2.75, 3.05) is 19.1 Å². The fourth-order valence-electron chi connectivity index (χ4n) is 2.32. The molecule has 1 aromatic carbocycles. The van der Waals surface area contributed by atoms with Gasteiger partial charge in [0.25, 0.3) is 0 Å². The average Bonchev–Trinajstić information content (AvgIpc) is 2.67. The van der Waals surface area contributed by atoms with E-state index in [0.29, 0.717) is 12.2 Å². The monoisotopic (exact) mass is 396 g/mol. The largest absolute Gasteiger partial charge is 0.467 e. The van der Waals surface area contributed by atoms with Crippen molar-refractivity contribution in [3.63, 3.8) is 0 Å². The number of hydrogen-bond donors (Lipinski definition) is 2. The molecule has 2 amide bonds. The van der Waals surface area contributed by atoms with Crippen LogP contribution < -0.4 is 10.6 Å². The van der Waals surface area contributed by atoms with Crippen LogP contribution in [0.4, 0.5) is 4.79 Å². The van der Waals surface area contributed by atoms with E-state index in [1.54, 1.807) is 25.6 Å². The summed E-state index contributed by atoms with van der Waals surface area (Å²) in [5, 5.41) is 5.24. The highest BCUT2D eigenvalue weighted by Crippen LogP contribution is 2.07. The van der Waals surface area contributed by atoms with E-state index in [2.05, 4.69) is 10.6 Å². The number of rotatable bonds is 10. The van der Waals surface area contributed by atoms with E-state index in [0.717, 1.165) is 5.56 Å². The third-order valence-corrected chi connectivity index (χ3v) is 4.49. The van der Waals surface area contributed by atoms with Crippen molar-refractivity contribution >= 4 is 29.7 Å². The molecule has 150 valence electrons. The molecule has 0 heterocycles. The van der Waals surface area contributed by atoms with Crippen molar-refractivity contribution in [1.82, 2.24) is 10.6 Å². The van der Waals surface area contributed by atoms with E-state index in [1.807, 2.05) is 36.6 Å². The highest BCUT2D eigenvalue weighted by Gasteiger charge is 2.29. The summed E-state index contributed by atoms with van der Waals surface area (Å²) in [6.45, 7) is 3.71. The first kappa shape index (κ1) is 22.8. The van der Waals surface area contributed by atoms with Gasteiger partial charge in [-0.05, 0) is 29.9 Å². The smallest absolute Gasteiger partial charge is 0.408 e. The Morgan fingerprint density at radius 2 is 1.78 bits per heavy atom. The van der Waals surface area contributed by atoms with Crippen molar-refractivity contribution in [3.05, 3.63) is 35.9 Å². The molecule has 2 unspecified atom stereocenters. The lowest BCUT2D eigenvalue weighted by Crippen LogP contribution is -2.54. The molecule has 27 heavy (non-hydrogen) atoms. The maximum Gasteiger partial charge on any atom is 0.408 e. The van der Waals surface area contributed by atoms with E-state index in [1.165, 1.54) is 7.11 Å². The number of hydrogen-bond acceptors (Lipinski definition) is 6. The Balaban J connectivity index is 2.65. The second kappa shape index (κ2) is 12.2. The number of ether oxygens (including phenoxy) is 2. The first-order chi connectivity index (χ1) is 12.9. The van der Waals surface area contributed by atoms with Gasteiger partial charge in [-0.15, -0.1) is 0 Å². The molecule has 0 aliphatic rings. The molecule has 7 nitrogen and oxygen atoms in total. The molecule has 0 aliphatic carbocycles. The number of amides is 2. The standard InChI is InChI=1S/C19H28N2O5S/c1-13(2)16(17(22)20-15(10-11-27-4)18(23)25-3)21-19(24)26-12-14-8-6-5-7-9-14/h5-9,13,15-16H,10-12H2,1-4H3,(H,20,22)(H,21,24). The van der Waals surface area contributed by atoms with Gasteiger partial charge in [0.1, 0.15) is 18.7 Å². The SMILES string of the molecule is COC(=O)C(CCSC)NC(=O)C(NC(=O)OCc1ccccc1)C(C)C. The maximum absolute atomic E-state index is 12.6. The summed E-state index contributed by atoms with van der Waals surface area (Å²) in [5.74, 6) is -0.447. The molecule has 0 spiro atoms. The Kier molecular flexibility index (Phi) is 10.3. The van der Waals surface area contributed by atoms with Crippen LogP contribution in [-0.2, 0) is 25.7 Å². The molecule has 0 saturated carbocycles.